The smallest absolute Gasteiger partial charge is 0.0235 e. The lowest BCUT2D eigenvalue weighted by Gasteiger charge is -2.44. The lowest BCUT2D eigenvalue weighted by atomic mass is 9.60. The maximum absolute atomic E-state index is 2.43. The Morgan fingerprint density at radius 3 is 2.10 bits per heavy atom. The van der Waals surface area contributed by atoms with Crippen molar-refractivity contribution in [3.63, 3.8) is 0 Å². The van der Waals surface area contributed by atoms with Crippen molar-refractivity contribution < 1.29 is 0 Å². The first-order valence-electron chi connectivity index (χ1n) is 4.70. The minimum atomic E-state index is 0.869. The van der Waals surface area contributed by atoms with Crippen LogP contribution in [-0.4, -0.2) is 0 Å². The molecule has 2 saturated carbocycles. The Kier molecular flexibility index (Phi) is 1.19. The van der Waals surface area contributed by atoms with Crippen molar-refractivity contribution in [1.29, 1.82) is 0 Å². The van der Waals surface area contributed by atoms with Crippen LogP contribution in [0.2, 0.25) is 0 Å². The number of hydrogen-bond donors (Lipinski definition) is 0. The Labute approximate surface area is 64.0 Å². The molecule has 0 N–H and O–H groups in total. The second kappa shape index (κ2) is 1.78. The minimum absolute atomic E-state index is 0.869. The average molecular weight is 138 g/mol. The lowest BCUT2D eigenvalue weighted by Crippen LogP contribution is -2.37. The zero-order chi connectivity index (χ0) is 7.35. The highest BCUT2D eigenvalue weighted by Gasteiger charge is 2.63. The van der Waals surface area contributed by atoms with Crippen LogP contribution < -0.4 is 0 Å². The van der Waals surface area contributed by atoms with E-state index < -0.39 is 0 Å². The first-order valence-corrected chi connectivity index (χ1v) is 4.70. The molecule has 10 heavy (non-hydrogen) atoms. The molecule has 0 aromatic rings. The quantitative estimate of drug-likeness (QED) is 0.522. The van der Waals surface area contributed by atoms with Gasteiger partial charge >= 0.3 is 0 Å². The highest BCUT2D eigenvalue weighted by atomic mass is 14.7. The van der Waals surface area contributed by atoms with Gasteiger partial charge in [-0.1, -0.05) is 27.2 Å². The molecule has 1 spiro atoms. The molecule has 4 atom stereocenters. The first kappa shape index (κ1) is 6.69. The summed E-state index contributed by atoms with van der Waals surface area (Å²) in [6.07, 6.45) is 4.49. The van der Waals surface area contributed by atoms with Gasteiger partial charge in [-0.15, -0.1) is 0 Å². The van der Waals surface area contributed by atoms with Gasteiger partial charge in [0, 0.05) is 0 Å². The highest BCUT2D eigenvalue weighted by molar-refractivity contribution is 5.12. The van der Waals surface area contributed by atoms with E-state index in [1.54, 1.807) is 0 Å². The summed E-state index contributed by atoms with van der Waals surface area (Å²) in [4.78, 5) is 0. The molecule has 2 aliphatic rings. The van der Waals surface area contributed by atoms with E-state index in [9.17, 15) is 0 Å². The van der Waals surface area contributed by atoms with Crippen LogP contribution in [0.5, 0.6) is 0 Å². The van der Waals surface area contributed by atoms with Crippen molar-refractivity contribution in [2.24, 2.45) is 23.2 Å². The van der Waals surface area contributed by atoms with Gasteiger partial charge in [0.2, 0.25) is 0 Å². The van der Waals surface area contributed by atoms with Gasteiger partial charge in [0.05, 0.1) is 0 Å². The molecule has 0 nitrogen and oxygen atoms in total. The molecular formula is C10H18. The maximum atomic E-state index is 2.43. The van der Waals surface area contributed by atoms with Crippen molar-refractivity contribution in [3.05, 3.63) is 0 Å². The SMILES string of the molecule is CCC1C(C)CC12CC2C. The summed E-state index contributed by atoms with van der Waals surface area (Å²) in [5.74, 6) is 3.19. The van der Waals surface area contributed by atoms with Crippen LogP contribution in [0.1, 0.15) is 40.0 Å². The van der Waals surface area contributed by atoms with E-state index in [2.05, 4.69) is 20.8 Å². The summed E-state index contributed by atoms with van der Waals surface area (Å²) in [6.45, 7) is 7.20. The zero-order valence-corrected chi connectivity index (χ0v) is 7.35. The zero-order valence-electron chi connectivity index (χ0n) is 7.35. The van der Waals surface area contributed by atoms with Gasteiger partial charge in [-0.3, -0.25) is 0 Å². The molecule has 0 heteroatoms. The Hall–Kier alpha value is 0. The first-order chi connectivity index (χ1) is 4.70. The van der Waals surface area contributed by atoms with E-state index in [-0.39, 0.29) is 0 Å². The molecule has 2 aliphatic carbocycles. The van der Waals surface area contributed by atoms with E-state index in [1.807, 2.05) is 0 Å². The predicted octanol–water partition coefficient (Wildman–Crippen LogP) is 3.08. The number of hydrogen-bond acceptors (Lipinski definition) is 0. The molecule has 2 rings (SSSR count). The molecule has 4 unspecified atom stereocenters. The fraction of sp³-hybridized carbons (Fsp3) is 1.00. The van der Waals surface area contributed by atoms with E-state index in [0.29, 0.717) is 0 Å². The van der Waals surface area contributed by atoms with Gasteiger partial charge in [-0.2, -0.15) is 0 Å². The van der Waals surface area contributed by atoms with Gasteiger partial charge in [0.1, 0.15) is 0 Å². The standard InChI is InChI=1S/C10H18/c1-4-9-7(2)5-10(9)6-8(10)3/h7-9H,4-6H2,1-3H3. The fourth-order valence-electron chi connectivity index (χ4n) is 3.42. The van der Waals surface area contributed by atoms with Gasteiger partial charge in [0.25, 0.3) is 0 Å². The van der Waals surface area contributed by atoms with Crippen LogP contribution in [0.3, 0.4) is 0 Å². The van der Waals surface area contributed by atoms with Crippen molar-refractivity contribution in [2.75, 3.05) is 0 Å². The Bertz CT molecular complexity index is 150. The molecule has 0 radical (unpaired) electrons. The Balaban J connectivity index is 2.03. The molecule has 58 valence electrons. The van der Waals surface area contributed by atoms with Crippen molar-refractivity contribution in [3.8, 4) is 0 Å². The molecular weight excluding hydrogens is 120 g/mol. The molecule has 0 bridgehead atoms. The van der Waals surface area contributed by atoms with E-state index in [0.717, 1.165) is 23.2 Å². The van der Waals surface area contributed by atoms with Crippen molar-refractivity contribution >= 4 is 0 Å². The van der Waals surface area contributed by atoms with E-state index >= 15 is 0 Å². The molecule has 0 aromatic heterocycles. The predicted molar refractivity (Wildman–Crippen MR) is 43.8 cm³/mol. The topological polar surface area (TPSA) is 0 Å². The van der Waals surface area contributed by atoms with Crippen LogP contribution in [0.4, 0.5) is 0 Å². The third-order valence-electron chi connectivity index (χ3n) is 4.07. The van der Waals surface area contributed by atoms with Gasteiger partial charge in [0.15, 0.2) is 0 Å². The summed E-state index contributed by atoms with van der Waals surface area (Å²) in [7, 11) is 0. The normalized spacial score (nSPS) is 58.5. The van der Waals surface area contributed by atoms with Crippen molar-refractivity contribution in [1.82, 2.24) is 0 Å². The van der Waals surface area contributed by atoms with Crippen molar-refractivity contribution in [2.45, 2.75) is 40.0 Å². The summed E-state index contributed by atoms with van der Waals surface area (Å²) in [6, 6.07) is 0. The molecule has 0 aromatic carbocycles. The molecule has 0 heterocycles. The van der Waals surface area contributed by atoms with Crippen LogP contribution >= 0.6 is 0 Å². The van der Waals surface area contributed by atoms with E-state index in [4.69, 9.17) is 0 Å². The van der Waals surface area contributed by atoms with Crippen LogP contribution in [0.25, 0.3) is 0 Å². The van der Waals surface area contributed by atoms with E-state index in [1.165, 1.54) is 19.3 Å². The summed E-state index contributed by atoms with van der Waals surface area (Å²) in [5.41, 5.74) is 0.869. The van der Waals surface area contributed by atoms with Gasteiger partial charge < -0.3 is 0 Å². The Morgan fingerprint density at radius 2 is 1.90 bits per heavy atom. The molecule has 0 aliphatic heterocycles. The summed E-state index contributed by atoms with van der Waals surface area (Å²) in [5, 5.41) is 0. The highest BCUT2D eigenvalue weighted by Crippen LogP contribution is 2.71. The Morgan fingerprint density at radius 1 is 1.30 bits per heavy atom. The number of rotatable bonds is 1. The van der Waals surface area contributed by atoms with Gasteiger partial charge in [-0.05, 0) is 36.0 Å². The molecule has 2 fully saturated rings. The third-order valence-corrected chi connectivity index (χ3v) is 4.07. The fourth-order valence-corrected chi connectivity index (χ4v) is 3.42. The third kappa shape index (κ3) is 0.580. The second-order valence-electron chi connectivity index (χ2n) is 4.53. The second-order valence-corrected chi connectivity index (χ2v) is 4.53. The van der Waals surface area contributed by atoms with Gasteiger partial charge in [-0.25, -0.2) is 0 Å². The van der Waals surface area contributed by atoms with Crippen LogP contribution in [-0.2, 0) is 0 Å². The summed E-state index contributed by atoms with van der Waals surface area (Å²) < 4.78 is 0. The van der Waals surface area contributed by atoms with Crippen LogP contribution in [0.15, 0.2) is 0 Å². The maximum Gasteiger partial charge on any atom is -0.0235 e. The van der Waals surface area contributed by atoms with Crippen LogP contribution in [0, 0.1) is 23.2 Å². The molecule has 0 amide bonds. The molecule has 0 saturated heterocycles. The average Bonchev–Trinajstić information content (AvgIpc) is 2.45. The monoisotopic (exact) mass is 138 g/mol. The minimum Gasteiger partial charge on any atom is -0.0651 e. The lowest BCUT2D eigenvalue weighted by molar-refractivity contribution is 0.0450. The summed E-state index contributed by atoms with van der Waals surface area (Å²) >= 11 is 0. The largest absolute Gasteiger partial charge is 0.0651 e.